The van der Waals surface area contributed by atoms with E-state index in [-0.39, 0.29) is 5.91 Å². The van der Waals surface area contributed by atoms with Crippen LogP contribution in [0.4, 0.5) is 0 Å². The number of carbonyl (C=O) groups is 1. The van der Waals surface area contributed by atoms with E-state index in [2.05, 4.69) is 5.32 Å². The van der Waals surface area contributed by atoms with Gasteiger partial charge in [-0.15, -0.1) is 0 Å². The van der Waals surface area contributed by atoms with E-state index < -0.39 is 0 Å². The van der Waals surface area contributed by atoms with Crippen molar-refractivity contribution in [2.75, 3.05) is 13.2 Å². The molecule has 0 atom stereocenters. The molecule has 0 saturated carbocycles. The standard InChI is InChI=1S/C18H15Cl2NO3/c19-14-2-1-3-15(20)13(14)5-7-18(22)21-11-12-4-6-16-17(10-12)24-9-8-23-16/h1-7,10H,8-9,11H2,(H,21,22). The average Bonchev–Trinajstić information content (AvgIpc) is 2.59. The summed E-state index contributed by atoms with van der Waals surface area (Å²) in [7, 11) is 0. The van der Waals surface area contributed by atoms with E-state index in [9.17, 15) is 4.79 Å². The van der Waals surface area contributed by atoms with Crippen molar-refractivity contribution in [1.29, 1.82) is 0 Å². The first-order valence-corrected chi connectivity index (χ1v) is 8.17. The number of hydrogen-bond donors (Lipinski definition) is 1. The highest BCUT2D eigenvalue weighted by atomic mass is 35.5. The molecule has 2 aromatic carbocycles. The largest absolute Gasteiger partial charge is 0.486 e. The van der Waals surface area contributed by atoms with Crippen molar-refractivity contribution >= 4 is 35.2 Å². The van der Waals surface area contributed by atoms with Crippen molar-refractivity contribution in [3.63, 3.8) is 0 Å². The second kappa shape index (κ2) is 7.60. The predicted molar refractivity (Wildman–Crippen MR) is 94.8 cm³/mol. The van der Waals surface area contributed by atoms with Crippen molar-refractivity contribution in [2.24, 2.45) is 0 Å². The van der Waals surface area contributed by atoms with E-state index >= 15 is 0 Å². The SMILES string of the molecule is O=C(C=Cc1c(Cl)cccc1Cl)NCc1ccc2c(c1)OCCO2. The number of halogens is 2. The molecule has 1 aliphatic rings. The summed E-state index contributed by atoms with van der Waals surface area (Å²) < 4.78 is 11.0. The van der Waals surface area contributed by atoms with Gasteiger partial charge in [0.2, 0.25) is 5.91 Å². The molecule has 24 heavy (non-hydrogen) atoms. The normalized spacial score (nSPS) is 13.1. The van der Waals surface area contributed by atoms with Gasteiger partial charge in [-0.2, -0.15) is 0 Å². The predicted octanol–water partition coefficient (Wildman–Crippen LogP) is 4.09. The van der Waals surface area contributed by atoms with Gasteiger partial charge in [0.05, 0.1) is 0 Å². The fourth-order valence-corrected chi connectivity index (χ4v) is 2.80. The second-order valence-electron chi connectivity index (χ2n) is 5.16. The van der Waals surface area contributed by atoms with E-state index in [1.54, 1.807) is 24.3 Å². The Morgan fingerprint density at radius 2 is 1.79 bits per heavy atom. The molecule has 124 valence electrons. The summed E-state index contributed by atoms with van der Waals surface area (Å²) in [5.41, 5.74) is 1.55. The average molecular weight is 364 g/mol. The lowest BCUT2D eigenvalue weighted by Gasteiger charge is -2.18. The third kappa shape index (κ3) is 4.02. The first kappa shape index (κ1) is 16.7. The molecule has 0 radical (unpaired) electrons. The van der Waals surface area contributed by atoms with Crippen LogP contribution in [0.25, 0.3) is 6.08 Å². The second-order valence-corrected chi connectivity index (χ2v) is 5.98. The molecule has 0 unspecified atom stereocenters. The molecular formula is C18H15Cl2NO3. The number of benzene rings is 2. The van der Waals surface area contributed by atoms with Crippen molar-refractivity contribution in [3.8, 4) is 11.5 Å². The van der Waals surface area contributed by atoms with E-state index in [1.807, 2.05) is 18.2 Å². The van der Waals surface area contributed by atoms with Crippen LogP contribution < -0.4 is 14.8 Å². The maximum Gasteiger partial charge on any atom is 0.244 e. The Morgan fingerprint density at radius 3 is 2.54 bits per heavy atom. The minimum Gasteiger partial charge on any atom is -0.486 e. The summed E-state index contributed by atoms with van der Waals surface area (Å²) >= 11 is 12.1. The fourth-order valence-electron chi connectivity index (χ4n) is 2.27. The minimum atomic E-state index is -0.235. The van der Waals surface area contributed by atoms with Gasteiger partial charge in [-0.3, -0.25) is 4.79 Å². The summed E-state index contributed by atoms with van der Waals surface area (Å²) in [5, 5.41) is 3.80. The monoisotopic (exact) mass is 363 g/mol. The van der Waals surface area contributed by atoms with Gasteiger partial charge in [0.1, 0.15) is 13.2 Å². The Balaban J connectivity index is 1.60. The van der Waals surface area contributed by atoms with Crippen molar-refractivity contribution in [1.82, 2.24) is 5.32 Å². The molecule has 1 amide bonds. The number of amides is 1. The smallest absolute Gasteiger partial charge is 0.244 e. The summed E-state index contributed by atoms with van der Waals surface area (Å²) in [6.07, 6.45) is 3.01. The van der Waals surface area contributed by atoms with Crippen LogP contribution in [0.2, 0.25) is 10.0 Å². The Kier molecular flexibility index (Phi) is 5.28. The molecule has 0 aliphatic carbocycles. The molecule has 3 rings (SSSR count). The maximum absolute atomic E-state index is 12.0. The first-order chi connectivity index (χ1) is 11.6. The summed E-state index contributed by atoms with van der Waals surface area (Å²) in [4.78, 5) is 12.0. The lowest BCUT2D eigenvalue weighted by atomic mass is 10.2. The Labute approximate surface area is 150 Å². The van der Waals surface area contributed by atoms with E-state index in [1.165, 1.54) is 6.08 Å². The zero-order chi connectivity index (χ0) is 16.9. The van der Waals surface area contributed by atoms with Gasteiger partial charge in [-0.05, 0) is 35.9 Å². The van der Waals surface area contributed by atoms with Gasteiger partial charge < -0.3 is 14.8 Å². The van der Waals surface area contributed by atoms with E-state index in [0.29, 0.717) is 41.1 Å². The fraction of sp³-hybridized carbons (Fsp3) is 0.167. The maximum atomic E-state index is 12.0. The molecule has 0 fully saturated rings. The topological polar surface area (TPSA) is 47.6 Å². The molecule has 1 heterocycles. The van der Waals surface area contributed by atoms with Crippen LogP contribution >= 0.6 is 23.2 Å². The summed E-state index contributed by atoms with van der Waals surface area (Å²) in [6.45, 7) is 1.47. The molecule has 0 bridgehead atoms. The molecule has 0 saturated heterocycles. The van der Waals surface area contributed by atoms with Gasteiger partial charge in [-0.1, -0.05) is 35.3 Å². The van der Waals surface area contributed by atoms with Gasteiger partial charge in [0, 0.05) is 28.2 Å². The Hall–Kier alpha value is -2.17. The van der Waals surface area contributed by atoms with Crippen molar-refractivity contribution in [2.45, 2.75) is 6.54 Å². The van der Waals surface area contributed by atoms with Crippen LogP contribution in [0, 0.1) is 0 Å². The molecule has 0 aromatic heterocycles. The van der Waals surface area contributed by atoms with Crippen molar-refractivity contribution < 1.29 is 14.3 Å². The third-order valence-electron chi connectivity index (χ3n) is 3.47. The van der Waals surface area contributed by atoms with Gasteiger partial charge in [0.25, 0.3) is 0 Å². The van der Waals surface area contributed by atoms with Crippen LogP contribution in [-0.4, -0.2) is 19.1 Å². The molecule has 6 heteroatoms. The molecule has 1 aliphatic heterocycles. The quantitative estimate of drug-likeness (QED) is 0.832. The number of rotatable bonds is 4. The number of ether oxygens (including phenoxy) is 2. The van der Waals surface area contributed by atoms with Crippen LogP contribution in [0.15, 0.2) is 42.5 Å². The van der Waals surface area contributed by atoms with Crippen molar-refractivity contribution in [3.05, 3.63) is 63.6 Å². The lowest BCUT2D eigenvalue weighted by Crippen LogP contribution is -2.21. The van der Waals surface area contributed by atoms with Crippen LogP contribution in [-0.2, 0) is 11.3 Å². The summed E-state index contributed by atoms with van der Waals surface area (Å²) in [5.74, 6) is 1.19. The lowest BCUT2D eigenvalue weighted by molar-refractivity contribution is -0.116. The molecular weight excluding hydrogens is 349 g/mol. The highest BCUT2D eigenvalue weighted by molar-refractivity contribution is 6.37. The first-order valence-electron chi connectivity index (χ1n) is 7.42. The Bertz CT molecular complexity index is 770. The van der Waals surface area contributed by atoms with Crippen LogP contribution in [0.1, 0.15) is 11.1 Å². The van der Waals surface area contributed by atoms with Crippen LogP contribution in [0.3, 0.4) is 0 Å². The summed E-state index contributed by atoms with van der Waals surface area (Å²) in [6, 6.07) is 10.8. The van der Waals surface area contributed by atoms with Gasteiger partial charge >= 0.3 is 0 Å². The molecule has 4 nitrogen and oxygen atoms in total. The number of carbonyl (C=O) groups excluding carboxylic acids is 1. The number of fused-ring (bicyclic) bond motifs is 1. The highest BCUT2D eigenvalue weighted by Crippen LogP contribution is 2.30. The van der Waals surface area contributed by atoms with Crippen LogP contribution in [0.5, 0.6) is 11.5 Å². The van der Waals surface area contributed by atoms with Gasteiger partial charge in [0.15, 0.2) is 11.5 Å². The highest BCUT2D eigenvalue weighted by Gasteiger charge is 2.11. The van der Waals surface area contributed by atoms with Gasteiger partial charge in [-0.25, -0.2) is 0 Å². The zero-order valence-electron chi connectivity index (χ0n) is 12.7. The van der Waals surface area contributed by atoms with E-state index in [0.717, 1.165) is 11.3 Å². The Morgan fingerprint density at radius 1 is 1.08 bits per heavy atom. The number of nitrogens with one attached hydrogen (secondary N) is 1. The zero-order valence-corrected chi connectivity index (χ0v) is 14.2. The third-order valence-corrected chi connectivity index (χ3v) is 4.13. The minimum absolute atomic E-state index is 0.235. The molecule has 0 spiro atoms. The molecule has 1 N–H and O–H groups in total. The molecule has 2 aromatic rings. The number of hydrogen-bond acceptors (Lipinski definition) is 3. The van der Waals surface area contributed by atoms with E-state index in [4.69, 9.17) is 32.7 Å².